The van der Waals surface area contributed by atoms with Gasteiger partial charge in [-0.3, -0.25) is 13.9 Å². The number of sulfonamides is 1. The molecule has 7 nitrogen and oxygen atoms in total. The smallest absolute Gasteiger partial charge is 0.242 e. The van der Waals surface area contributed by atoms with Gasteiger partial charge in [-0.2, -0.15) is 0 Å². The number of nitrogens with zero attached hydrogens (tertiary/aromatic N) is 2. The molecule has 0 aliphatic rings. The van der Waals surface area contributed by atoms with Gasteiger partial charge < -0.3 is 10.2 Å². The number of aryl methyl sites for hydroxylation is 2. The van der Waals surface area contributed by atoms with Crippen molar-refractivity contribution >= 4 is 39.1 Å². The monoisotopic (exact) mass is 507 g/mol. The number of hydrogen-bond acceptors (Lipinski definition) is 4. The molecule has 34 heavy (non-hydrogen) atoms. The third-order valence-corrected chi connectivity index (χ3v) is 6.99. The van der Waals surface area contributed by atoms with Crippen molar-refractivity contribution in [3.05, 3.63) is 64.2 Å². The zero-order chi connectivity index (χ0) is 25.5. The molecule has 0 saturated carbocycles. The average molecular weight is 508 g/mol. The van der Waals surface area contributed by atoms with E-state index in [0.717, 1.165) is 22.9 Å². The Bertz CT molecular complexity index is 1080. The second-order valence-corrected chi connectivity index (χ2v) is 10.8. The van der Waals surface area contributed by atoms with Gasteiger partial charge >= 0.3 is 0 Å². The second-order valence-electron chi connectivity index (χ2n) is 8.47. The molecule has 0 unspecified atom stereocenters. The predicted molar refractivity (Wildman–Crippen MR) is 137 cm³/mol. The Kier molecular flexibility index (Phi) is 9.94. The molecule has 186 valence electrons. The van der Waals surface area contributed by atoms with Gasteiger partial charge in [0, 0.05) is 31.6 Å². The van der Waals surface area contributed by atoms with E-state index < -0.39 is 16.1 Å². The van der Waals surface area contributed by atoms with E-state index in [4.69, 9.17) is 11.6 Å². The standard InChI is InChI=1S/C25H34ClN3O4S/c1-6-23(25(31)27-4)28(17-20-9-11-21(26)12-10-20)24(30)8-7-13-29(34(5,32)33)22-15-18(2)14-19(3)16-22/h9-12,14-16,23H,6-8,13,17H2,1-5H3,(H,27,31)/t23-/m1/s1. The number of anilines is 1. The van der Waals surface area contributed by atoms with Crippen LogP contribution in [0.5, 0.6) is 0 Å². The van der Waals surface area contributed by atoms with Gasteiger partial charge in [-0.05, 0) is 67.6 Å². The van der Waals surface area contributed by atoms with E-state index >= 15 is 0 Å². The fourth-order valence-corrected chi connectivity index (χ4v) is 5.05. The summed E-state index contributed by atoms with van der Waals surface area (Å²) in [5.41, 5.74) is 3.37. The summed E-state index contributed by atoms with van der Waals surface area (Å²) < 4.78 is 26.3. The first-order chi connectivity index (χ1) is 16.0. The van der Waals surface area contributed by atoms with E-state index in [1.54, 1.807) is 24.1 Å². The van der Waals surface area contributed by atoms with Gasteiger partial charge in [-0.1, -0.05) is 36.7 Å². The summed E-state index contributed by atoms with van der Waals surface area (Å²) >= 11 is 5.98. The van der Waals surface area contributed by atoms with Crippen LogP contribution in [0, 0.1) is 13.8 Å². The summed E-state index contributed by atoms with van der Waals surface area (Å²) in [4.78, 5) is 27.3. The van der Waals surface area contributed by atoms with Crippen LogP contribution >= 0.6 is 11.6 Å². The van der Waals surface area contributed by atoms with Gasteiger partial charge in [0.2, 0.25) is 21.8 Å². The van der Waals surface area contributed by atoms with Crippen LogP contribution in [0.1, 0.15) is 42.9 Å². The summed E-state index contributed by atoms with van der Waals surface area (Å²) in [6.07, 6.45) is 2.05. The van der Waals surface area contributed by atoms with Gasteiger partial charge in [-0.25, -0.2) is 8.42 Å². The van der Waals surface area contributed by atoms with E-state index in [2.05, 4.69) is 5.32 Å². The molecule has 2 amide bonds. The molecule has 2 aromatic carbocycles. The quantitative estimate of drug-likeness (QED) is 0.497. The lowest BCUT2D eigenvalue weighted by Crippen LogP contribution is -2.48. The summed E-state index contributed by atoms with van der Waals surface area (Å²) in [6.45, 7) is 6.11. The van der Waals surface area contributed by atoms with E-state index in [1.807, 2.05) is 51.1 Å². The number of likely N-dealkylation sites (N-methyl/N-ethyl adjacent to an activating group) is 1. The molecule has 2 aromatic rings. The number of amides is 2. The van der Waals surface area contributed by atoms with Crippen LogP contribution in [0.4, 0.5) is 5.69 Å². The third-order valence-electron chi connectivity index (χ3n) is 5.55. The fraction of sp³-hybridized carbons (Fsp3) is 0.440. The molecule has 1 atom stereocenters. The zero-order valence-electron chi connectivity index (χ0n) is 20.5. The lowest BCUT2D eigenvalue weighted by molar-refractivity contribution is -0.141. The molecule has 9 heteroatoms. The Morgan fingerprint density at radius 2 is 1.65 bits per heavy atom. The van der Waals surface area contributed by atoms with Crippen LogP contribution in [0.15, 0.2) is 42.5 Å². The van der Waals surface area contributed by atoms with Crippen molar-refractivity contribution in [1.82, 2.24) is 10.2 Å². The number of nitrogens with one attached hydrogen (secondary N) is 1. The van der Waals surface area contributed by atoms with Gasteiger partial charge in [0.25, 0.3) is 0 Å². The van der Waals surface area contributed by atoms with Crippen LogP contribution in [0.3, 0.4) is 0 Å². The minimum atomic E-state index is -3.53. The van der Waals surface area contributed by atoms with Crippen LogP contribution < -0.4 is 9.62 Å². The number of benzene rings is 2. The third kappa shape index (κ3) is 7.74. The summed E-state index contributed by atoms with van der Waals surface area (Å²) in [6, 6.07) is 12.1. The largest absolute Gasteiger partial charge is 0.357 e. The number of carbonyl (C=O) groups excluding carboxylic acids is 2. The zero-order valence-corrected chi connectivity index (χ0v) is 22.0. The van der Waals surface area contributed by atoms with Gasteiger partial charge in [-0.15, -0.1) is 0 Å². The Balaban J connectivity index is 2.20. The van der Waals surface area contributed by atoms with Crippen molar-refractivity contribution in [2.45, 2.75) is 52.6 Å². The summed E-state index contributed by atoms with van der Waals surface area (Å²) in [5.74, 6) is -0.447. The van der Waals surface area contributed by atoms with Crippen LogP contribution in [0.25, 0.3) is 0 Å². The Morgan fingerprint density at radius 3 is 2.15 bits per heavy atom. The number of halogens is 1. The topological polar surface area (TPSA) is 86.8 Å². The Hall–Kier alpha value is -2.58. The second kappa shape index (κ2) is 12.2. The molecular formula is C25H34ClN3O4S. The molecule has 0 aliphatic heterocycles. The van der Waals surface area contributed by atoms with Crippen molar-refractivity contribution in [2.24, 2.45) is 0 Å². The molecule has 0 saturated heterocycles. The summed E-state index contributed by atoms with van der Waals surface area (Å²) in [7, 11) is -1.98. The van der Waals surface area contributed by atoms with Crippen LogP contribution in [-0.4, -0.2) is 51.0 Å². The van der Waals surface area contributed by atoms with Crippen LogP contribution in [0.2, 0.25) is 5.02 Å². The molecule has 2 rings (SSSR count). The Labute approximate surface area is 208 Å². The molecule has 0 radical (unpaired) electrons. The lowest BCUT2D eigenvalue weighted by Gasteiger charge is -2.31. The highest BCUT2D eigenvalue weighted by atomic mass is 35.5. The van der Waals surface area contributed by atoms with E-state index in [-0.39, 0.29) is 31.3 Å². The number of rotatable bonds is 11. The molecule has 0 aliphatic carbocycles. The molecule has 0 fully saturated rings. The average Bonchev–Trinajstić information content (AvgIpc) is 2.75. The first-order valence-electron chi connectivity index (χ1n) is 11.3. The predicted octanol–water partition coefficient (Wildman–Crippen LogP) is 4.06. The number of hydrogen-bond donors (Lipinski definition) is 1. The minimum Gasteiger partial charge on any atom is -0.357 e. The van der Waals surface area contributed by atoms with Crippen molar-refractivity contribution in [2.75, 3.05) is 24.2 Å². The highest BCUT2D eigenvalue weighted by Crippen LogP contribution is 2.22. The molecular weight excluding hydrogens is 474 g/mol. The summed E-state index contributed by atoms with van der Waals surface area (Å²) in [5, 5.41) is 3.22. The first-order valence-corrected chi connectivity index (χ1v) is 13.5. The minimum absolute atomic E-state index is 0.109. The maximum atomic E-state index is 13.3. The normalized spacial score (nSPS) is 12.2. The SMILES string of the molecule is CC[C@H](C(=O)NC)N(Cc1ccc(Cl)cc1)C(=O)CCCN(c1cc(C)cc(C)c1)S(C)(=O)=O. The van der Waals surface area contributed by atoms with E-state index in [9.17, 15) is 18.0 Å². The highest BCUT2D eigenvalue weighted by Gasteiger charge is 2.28. The lowest BCUT2D eigenvalue weighted by atomic mass is 10.1. The highest BCUT2D eigenvalue weighted by molar-refractivity contribution is 7.92. The van der Waals surface area contributed by atoms with Crippen LogP contribution in [-0.2, 0) is 26.2 Å². The first kappa shape index (κ1) is 27.7. The van der Waals surface area contributed by atoms with Crippen molar-refractivity contribution in [3.63, 3.8) is 0 Å². The molecule has 0 spiro atoms. The molecule has 0 heterocycles. The number of carbonyl (C=O) groups is 2. The van der Waals surface area contributed by atoms with E-state index in [1.165, 1.54) is 4.31 Å². The van der Waals surface area contributed by atoms with Gasteiger partial charge in [0.1, 0.15) is 6.04 Å². The van der Waals surface area contributed by atoms with Gasteiger partial charge in [0.05, 0.1) is 11.9 Å². The Morgan fingerprint density at radius 1 is 1.06 bits per heavy atom. The molecule has 1 N–H and O–H groups in total. The van der Waals surface area contributed by atoms with E-state index in [0.29, 0.717) is 23.6 Å². The van der Waals surface area contributed by atoms with Crippen molar-refractivity contribution in [3.8, 4) is 0 Å². The van der Waals surface area contributed by atoms with Crippen molar-refractivity contribution < 1.29 is 18.0 Å². The molecule has 0 aromatic heterocycles. The fourth-order valence-electron chi connectivity index (χ4n) is 3.97. The maximum Gasteiger partial charge on any atom is 0.242 e. The maximum absolute atomic E-state index is 13.3. The van der Waals surface area contributed by atoms with Gasteiger partial charge in [0.15, 0.2) is 0 Å². The van der Waals surface area contributed by atoms with Crippen molar-refractivity contribution in [1.29, 1.82) is 0 Å². The molecule has 0 bridgehead atoms.